The summed E-state index contributed by atoms with van der Waals surface area (Å²) < 4.78 is 13.5. The van der Waals surface area contributed by atoms with Crippen LogP contribution in [-0.2, 0) is 9.59 Å². The molecule has 0 aromatic heterocycles. The molecular formula is C13H16ClFN2O3. The molecule has 1 aromatic carbocycles. The van der Waals surface area contributed by atoms with E-state index >= 15 is 0 Å². The summed E-state index contributed by atoms with van der Waals surface area (Å²) in [6.07, 6.45) is 0.506. The number of rotatable bonds is 7. The normalized spacial score (nSPS) is 10.6. The number of nitrogens with one attached hydrogen (secondary N) is 1. The number of likely N-dealkylation sites (N-methyl/N-ethyl adjacent to an activating group) is 1. The van der Waals surface area contributed by atoms with Crippen molar-refractivity contribution in [1.29, 1.82) is 0 Å². The molecule has 0 bridgehead atoms. The monoisotopic (exact) mass is 302 g/mol. The van der Waals surface area contributed by atoms with Gasteiger partial charge >= 0.3 is 5.97 Å². The van der Waals surface area contributed by atoms with Crippen molar-refractivity contribution in [3.05, 3.63) is 29.0 Å². The van der Waals surface area contributed by atoms with Crippen molar-refractivity contribution in [2.24, 2.45) is 0 Å². The van der Waals surface area contributed by atoms with Crippen molar-refractivity contribution in [2.75, 3.05) is 25.5 Å². The molecule has 0 saturated carbocycles. The van der Waals surface area contributed by atoms with Crippen LogP contribution in [-0.4, -0.2) is 42.0 Å². The fraction of sp³-hybridized carbons (Fsp3) is 0.385. The highest BCUT2D eigenvalue weighted by Gasteiger charge is 2.10. The average Bonchev–Trinajstić information content (AvgIpc) is 2.32. The van der Waals surface area contributed by atoms with Gasteiger partial charge in [0.25, 0.3) is 0 Å². The zero-order chi connectivity index (χ0) is 15.1. The topological polar surface area (TPSA) is 69.6 Å². The largest absolute Gasteiger partial charge is 0.481 e. The molecule has 0 aliphatic carbocycles. The minimum atomic E-state index is -0.869. The van der Waals surface area contributed by atoms with Crippen LogP contribution in [0.4, 0.5) is 10.1 Å². The Bertz CT molecular complexity index is 497. The number of amides is 1. The van der Waals surface area contributed by atoms with Gasteiger partial charge in [-0.25, -0.2) is 4.39 Å². The van der Waals surface area contributed by atoms with E-state index in [1.165, 1.54) is 12.1 Å². The highest BCUT2D eigenvalue weighted by Crippen LogP contribution is 2.18. The van der Waals surface area contributed by atoms with Gasteiger partial charge in [-0.05, 0) is 38.2 Å². The average molecular weight is 303 g/mol. The van der Waals surface area contributed by atoms with E-state index in [2.05, 4.69) is 5.32 Å². The van der Waals surface area contributed by atoms with Crippen LogP contribution in [0.15, 0.2) is 18.2 Å². The Hall–Kier alpha value is -1.66. The maximum absolute atomic E-state index is 13.5. The second kappa shape index (κ2) is 7.81. The molecule has 1 rings (SSSR count). The van der Waals surface area contributed by atoms with Crippen LogP contribution in [0.25, 0.3) is 0 Å². The van der Waals surface area contributed by atoms with Crippen molar-refractivity contribution >= 4 is 29.2 Å². The Kier molecular flexibility index (Phi) is 6.41. The van der Waals surface area contributed by atoms with Gasteiger partial charge in [-0.2, -0.15) is 0 Å². The molecular weight excluding hydrogens is 287 g/mol. The Morgan fingerprint density at radius 1 is 1.45 bits per heavy atom. The number of carboxylic acids is 1. The molecule has 0 unspecified atom stereocenters. The third kappa shape index (κ3) is 5.99. The number of halogens is 2. The van der Waals surface area contributed by atoms with Gasteiger partial charge in [0, 0.05) is 11.4 Å². The van der Waals surface area contributed by atoms with E-state index < -0.39 is 11.8 Å². The summed E-state index contributed by atoms with van der Waals surface area (Å²) in [4.78, 5) is 23.7. The molecule has 2 N–H and O–H groups in total. The summed E-state index contributed by atoms with van der Waals surface area (Å²) in [5.74, 6) is -1.84. The van der Waals surface area contributed by atoms with Crippen molar-refractivity contribution in [1.82, 2.24) is 4.90 Å². The van der Waals surface area contributed by atoms with Crippen LogP contribution in [0.5, 0.6) is 0 Å². The smallest absolute Gasteiger partial charge is 0.303 e. The van der Waals surface area contributed by atoms with E-state index in [1.54, 1.807) is 11.9 Å². The standard InChI is InChI=1S/C13H16ClFN2O3/c1-17(6-2-3-13(19)20)8-12(18)16-11-5-4-9(14)7-10(11)15/h4-5,7H,2-3,6,8H2,1H3,(H,16,18)(H,19,20). The van der Waals surface area contributed by atoms with E-state index in [-0.39, 0.29) is 29.6 Å². The molecule has 0 heterocycles. The van der Waals surface area contributed by atoms with Gasteiger partial charge < -0.3 is 10.4 Å². The minimum Gasteiger partial charge on any atom is -0.481 e. The second-order valence-electron chi connectivity index (χ2n) is 4.41. The fourth-order valence-electron chi connectivity index (χ4n) is 1.60. The summed E-state index contributed by atoms with van der Waals surface area (Å²) in [6, 6.07) is 3.99. The van der Waals surface area contributed by atoms with Crippen LogP contribution in [0, 0.1) is 5.82 Å². The maximum atomic E-state index is 13.5. The van der Waals surface area contributed by atoms with Crippen molar-refractivity contribution in [3.8, 4) is 0 Å². The zero-order valence-electron chi connectivity index (χ0n) is 11.0. The lowest BCUT2D eigenvalue weighted by Crippen LogP contribution is -2.31. The van der Waals surface area contributed by atoms with E-state index in [1.807, 2.05) is 0 Å². The second-order valence-corrected chi connectivity index (χ2v) is 4.84. The molecule has 5 nitrogen and oxygen atoms in total. The lowest BCUT2D eigenvalue weighted by Gasteiger charge is -2.15. The first-order valence-corrected chi connectivity index (χ1v) is 6.41. The summed E-state index contributed by atoms with van der Waals surface area (Å²) in [5, 5.41) is 11.2. The lowest BCUT2D eigenvalue weighted by molar-refractivity contribution is -0.137. The van der Waals surface area contributed by atoms with Crippen LogP contribution in [0.1, 0.15) is 12.8 Å². The summed E-state index contributed by atoms with van der Waals surface area (Å²) in [7, 11) is 1.69. The molecule has 0 radical (unpaired) electrons. The van der Waals surface area contributed by atoms with E-state index in [9.17, 15) is 14.0 Å². The fourth-order valence-corrected chi connectivity index (χ4v) is 1.76. The predicted octanol–water partition coefficient (Wildman–Crippen LogP) is 2.21. The van der Waals surface area contributed by atoms with Gasteiger partial charge in [-0.3, -0.25) is 14.5 Å². The Labute approximate surface area is 121 Å². The third-order valence-electron chi connectivity index (χ3n) is 2.55. The van der Waals surface area contributed by atoms with Gasteiger partial charge in [0.2, 0.25) is 5.91 Å². The number of carbonyl (C=O) groups excluding carboxylic acids is 1. The Morgan fingerprint density at radius 3 is 2.75 bits per heavy atom. The zero-order valence-corrected chi connectivity index (χ0v) is 11.8. The summed E-state index contributed by atoms with van der Waals surface area (Å²) in [6.45, 7) is 0.532. The number of benzene rings is 1. The molecule has 0 fully saturated rings. The number of hydrogen-bond acceptors (Lipinski definition) is 3. The number of nitrogens with zero attached hydrogens (tertiary/aromatic N) is 1. The first-order chi connectivity index (χ1) is 9.38. The van der Waals surface area contributed by atoms with Crippen LogP contribution in [0.2, 0.25) is 5.02 Å². The molecule has 0 atom stereocenters. The number of carbonyl (C=O) groups is 2. The summed E-state index contributed by atoms with van der Waals surface area (Å²) in [5.41, 5.74) is 0.0679. The SMILES string of the molecule is CN(CCCC(=O)O)CC(=O)Nc1ccc(Cl)cc1F. The molecule has 110 valence electrons. The van der Waals surface area contributed by atoms with Crippen molar-refractivity contribution < 1.29 is 19.1 Å². The van der Waals surface area contributed by atoms with Gasteiger partial charge in [0.05, 0.1) is 12.2 Å². The Balaban J connectivity index is 2.41. The maximum Gasteiger partial charge on any atom is 0.303 e. The lowest BCUT2D eigenvalue weighted by atomic mass is 10.3. The van der Waals surface area contributed by atoms with E-state index in [0.29, 0.717) is 13.0 Å². The molecule has 1 amide bonds. The first-order valence-electron chi connectivity index (χ1n) is 6.03. The van der Waals surface area contributed by atoms with E-state index in [4.69, 9.17) is 16.7 Å². The third-order valence-corrected chi connectivity index (χ3v) is 2.78. The van der Waals surface area contributed by atoms with Gasteiger partial charge in [0.15, 0.2) is 0 Å². The first kappa shape index (κ1) is 16.4. The molecule has 0 saturated heterocycles. The highest BCUT2D eigenvalue weighted by atomic mass is 35.5. The number of hydrogen-bond donors (Lipinski definition) is 2. The van der Waals surface area contributed by atoms with Crippen LogP contribution in [0.3, 0.4) is 0 Å². The molecule has 0 aliphatic rings. The minimum absolute atomic E-state index is 0.0533. The molecule has 0 spiro atoms. The summed E-state index contributed by atoms with van der Waals surface area (Å²) >= 11 is 5.61. The van der Waals surface area contributed by atoms with Crippen LogP contribution < -0.4 is 5.32 Å². The molecule has 20 heavy (non-hydrogen) atoms. The molecule has 7 heteroatoms. The number of aliphatic carboxylic acids is 1. The van der Waals surface area contributed by atoms with Crippen molar-refractivity contribution in [3.63, 3.8) is 0 Å². The molecule has 1 aromatic rings. The number of anilines is 1. The van der Waals surface area contributed by atoms with Gasteiger partial charge in [0.1, 0.15) is 5.82 Å². The van der Waals surface area contributed by atoms with Crippen LogP contribution >= 0.6 is 11.6 Å². The van der Waals surface area contributed by atoms with Gasteiger partial charge in [-0.1, -0.05) is 11.6 Å². The number of carboxylic acid groups (broad SMARTS) is 1. The van der Waals surface area contributed by atoms with Crippen molar-refractivity contribution in [2.45, 2.75) is 12.8 Å². The highest BCUT2D eigenvalue weighted by molar-refractivity contribution is 6.30. The predicted molar refractivity (Wildman–Crippen MR) is 74.4 cm³/mol. The molecule has 0 aliphatic heterocycles. The van der Waals surface area contributed by atoms with E-state index in [0.717, 1.165) is 6.07 Å². The van der Waals surface area contributed by atoms with Gasteiger partial charge in [-0.15, -0.1) is 0 Å². The Morgan fingerprint density at radius 2 is 2.15 bits per heavy atom. The quantitative estimate of drug-likeness (QED) is 0.810.